The second-order valence-electron chi connectivity index (χ2n) is 5.39. The van der Waals surface area contributed by atoms with Gasteiger partial charge in [-0.3, -0.25) is 9.59 Å². The molecule has 5 nitrogen and oxygen atoms in total. The number of carbonyl (C=O) groups is 2. The maximum Gasteiger partial charge on any atom is 0.255 e. The molecule has 114 valence electrons. The number of nitrogens with two attached hydrogens (primary N) is 1. The Labute approximate surface area is 132 Å². The molecule has 22 heavy (non-hydrogen) atoms. The smallest absolute Gasteiger partial charge is 0.255 e. The molecule has 6 heteroatoms. The van der Waals surface area contributed by atoms with Crippen LogP contribution in [0.4, 0.5) is 0 Å². The zero-order valence-electron chi connectivity index (χ0n) is 12.3. The first-order valence-electron chi connectivity index (χ1n) is 7.22. The maximum absolute atomic E-state index is 12.9. The van der Waals surface area contributed by atoms with Crippen LogP contribution < -0.4 is 5.73 Å². The molecule has 2 amide bonds. The number of aryl methyl sites for hydroxylation is 1. The lowest BCUT2D eigenvalue weighted by atomic mass is 9.99. The van der Waals surface area contributed by atoms with Crippen LogP contribution in [-0.2, 0) is 0 Å². The second kappa shape index (κ2) is 5.88. The van der Waals surface area contributed by atoms with Gasteiger partial charge in [0.2, 0.25) is 5.91 Å². The first-order valence-corrected chi connectivity index (χ1v) is 8.10. The van der Waals surface area contributed by atoms with Crippen molar-refractivity contribution in [1.29, 1.82) is 0 Å². The van der Waals surface area contributed by atoms with E-state index in [2.05, 4.69) is 4.98 Å². The fourth-order valence-electron chi connectivity index (χ4n) is 2.72. The Balaban J connectivity index is 2.15. The molecule has 2 aromatic rings. The summed E-state index contributed by atoms with van der Waals surface area (Å²) in [7, 11) is 0. The van der Waals surface area contributed by atoms with E-state index in [1.807, 2.05) is 18.4 Å². The molecular weight excluding hydrogens is 298 g/mol. The monoisotopic (exact) mass is 315 g/mol. The molecule has 1 aliphatic rings. The highest BCUT2D eigenvalue weighted by molar-refractivity contribution is 7.13. The molecule has 1 saturated heterocycles. The fourth-order valence-corrected chi connectivity index (χ4v) is 3.55. The van der Waals surface area contributed by atoms with E-state index in [-0.39, 0.29) is 11.5 Å². The molecule has 1 fully saturated rings. The van der Waals surface area contributed by atoms with Crippen molar-refractivity contribution >= 4 is 23.2 Å². The van der Waals surface area contributed by atoms with Crippen molar-refractivity contribution in [3.63, 3.8) is 0 Å². The van der Waals surface area contributed by atoms with Gasteiger partial charge in [0.1, 0.15) is 5.01 Å². The van der Waals surface area contributed by atoms with Gasteiger partial charge in [0.05, 0.1) is 11.1 Å². The molecule has 2 heterocycles. The standard InChI is InChI=1S/C16H17N3O2S/c1-10-9-22-15(18-10)12-6-4-5-11(14(17)20)13(12)16(21)19-7-2-3-8-19/h4-6,9H,2-3,7-8H2,1H3,(H2,17,20). The number of amides is 2. The van der Waals surface area contributed by atoms with Crippen LogP contribution in [-0.4, -0.2) is 34.8 Å². The number of primary amides is 1. The average molecular weight is 315 g/mol. The number of hydrogen-bond donors (Lipinski definition) is 1. The van der Waals surface area contributed by atoms with E-state index in [1.165, 1.54) is 11.3 Å². The van der Waals surface area contributed by atoms with Gasteiger partial charge in [-0.25, -0.2) is 4.98 Å². The highest BCUT2D eigenvalue weighted by atomic mass is 32.1. The summed E-state index contributed by atoms with van der Waals surface area (Å²) in [6.45, 7) is 3.35. The van der Waals surface area contributed by atoms with E-state index in [4.69, 9.17) is 5.73 Å². The van der Waals surface area contributed by atoms with Gasteiger partial charge in [0, 0.05) is 29.7 Å². The van der Waals surface area contributed by atoms with Crippen molar-refractivity contribution in [1.82, 2.24) is 9.88 Å². The Morgan fingerprint density at radius 3 is 2.59 bits per heavy atom. The number of likely N-dealkylation sites (tertiary alicyclic amines) is 1. The van der Waals surface area contributed by atoms with Gasteiger partial charge in [-0.2, -0.15) is 0 Å². The summed E-state index contributed by atoms with van der Waals surface area (Å²) < 4.78 is 0. The first-order chi connectivity index (χ1) is 10.6. The Morgan fingerprint density at radius 1 is 1.27 bits per heavy atom. The third-order valence-electron chi connectivity index (χ3n) is 3.79. The quantitative estimate of drug-likeness (QED) is 0.945. The van der Waals surface area contributed by atoms with E-state index in [9.17, 15) is 9.59 Å². The summed E-state index contributed by atoms with van der Waals surface area (Å²) in [5, 5.41) is 2.67. The molecule has 1 aromatic carbocycles. The third kappa shape index (κ3) is 2.62. The number of rotatable bonds is 3. The summed E-state index contributed by atoms with van der Waals surface area (Å²) in [4.78, 5) is 30.9. The maximum atomic E-state index is 12.9. The van der Waals surface area contributed by atoms with Crippen molar-refractivity contribution < 1.29 is 9.59 Å². The fraction of sp³-hybridized carbons (Fsp3) is 0.312. The van der Waals surface area contributed by atoms with Gasteiger partial charge < -0.3 is 10.6 Å². The van der Waals surface area contributed by atoms with E-state index in [1.54, 1.807) is 17.0 Å². The normalized spacial score (nSPS) is 14.3. The lowest BCUT2D eigenvalue weighted by Crippen LogP contribution is -2.30. The van der Waals surface area contributed by atoms with Crippen molar-refractivity contribution in [3.8, 4) is 10.6 Å². The molecule has 0 unspecified atom stereocenters. The zero-order valence-corrected chi connectivity index (χ0v) is 13.2. The van der Waals surface area contributed by atoms with Crippen molar-refractivity contribution in [2.75, 3.05) is 13.1 Å². The Bertz CT molecular complexity index is 733. The number of hydrogen-bond acceptors (Lipinski definition) is 4. The number of carbonyl (C=O) groups excluding carboxylic acids is 2. The molecule has 1 aliphatic heterocycles. The highest BCUT2D eigenvalue weighted by Gasteiger charge is 2.27. The summed E-state index contributed by atoms with van der Waals surface area (Å²) in [6, 6.07) is 5.18. The van der Waals surface area contributed by atoms with Crippen LogP contribution in [0, 0.1) is 6.92 Å². The van der Waals surface area contributed by atoms with Crippen LogP contribution >= 0.6 is 11.3 Å². The number of aromatic nitrogens is 1. The number of thiazole rings is 1. The molecule has 0 bridgehead atoms. The van der Waals surface area contributed by atoms with Gasteiger partial charge in [-0.1, -0.05) is 12.1 Å². The van der Waals surface area contributed by atoms with Crippen LogP contribution in [0.15, 0.2) is 23.6 Å². The molecule has 0 aliphatic carbocycles. The summed E-state index contributed by atoms with van der Waals surface area (Å²) in [6.07, 6.45) is 1.99. The molecule has 0 atom stereocenters. The molecule has 0 spiro atoms. The molecule has 2 N–H and O–H groups in total. The average Bonchev–Trinajstić information content (AvgIpc) is 3.17. The lowest BCUT2D eigenvalue weighted by Gasteiger charge is -2.19. The summed E-state index contributed by atoms with van der Waals surface area (Å²) in [5.41, 5.74) is 7.70. The molecule has 0 radical (unpaired) electrons. The Kier molecular flexibility index (Phi) is 3.94. The van der Waals surface area contributed by atoms with Crippen LogP contribution in [0.25, 0.3) is 10.6 Å². The van der Waals surface area contributed by atoms with Crippen LogP contribution in [0.5, 0.6) is 0 Å². The summed E-state index contributed by atoms with van der Waals surface area (Å²) >= 11 is 1.46. The van der Waals surface area contributed by atoms with Gasteiger partial charge in [0.15, 0.2) is 0 Å². The van der Waals surface area contributed by atoms with Crippen LogP contribution in [0.2, 0.25) is 0 Å². The van der Waals surface area contributed by atoms with Crippen molar-refractivity contribution in [3.05, 3.63) is 40.4 Å². The molecule has 3 rings (SSSR count). The number of nitrogens with zero attached hydrogens (tertiary/aromatic N) is 2. The zero-order chi connectivity index (χ0) is 15.7. The number of benzene rings is 1. The minimum absolute atomic E-state index is 0.130. The van der Waals surface area contributed by atoms with E-state index < -0.39 is 5.91 Å². The van der Waals surface area contributed by atoms with E-state index in [0.29, 0.717) is 11.1 Å². The largest absolute Gasteiger partial charge is 0.366 e. The summed E-state index contributed by atoms with van der Waals surface area (Å²) in [5.74, 6) is -0.715. The molecule has 1 aromatic heterocycles. The Hall–Kier alpha value is -2.21. The topological polar surface area (TPSA) is 76.3 Å². The highest BCUT2D eigenvalue weighted by Crippen LogP contribution is 2.30. The van der Waals surface area contributed by atoms with Gasteiger partial charge in [-0.05, 0) is 25.8 Å². The second-order valence-corrected chi connectivity index (χ2v) is 6.24. The first kappa shape index (κ1) is 14.7. The third-order valence-corrected chi connectivity index (χ3v) is 4.78. The van der Waals surface area contributed by atoms with Gasteiger partial charge >= 0.3 is 0 Å². The Morgan fingerprint density at radius 2 is 2.00 bits per heavy atom. The van der Waals surface area contributed by atoms with E-state index >= 15 is 0 Å². The van der Waals surface area contributed by atoms with Crippen LogP contribution in [0.1, 0.15) is 39.3 Å². The van der Waals surface area contributed by atoms with Gasteiger partial charge in [0.25, 0.3) is 5.91 Å². The van der Waals surface area contributed by atoms with E-state index in [0.717, 1.165) is 36.6 Å². The van der Waals surface area contributed by atoms with Crippen molar-refractivity contribution in [2.24, 2.45) is 5.73 Å². The molecular formula is C16H17N3O2S. The minimum Gasteiger partial charge on any atom is -0.366 e. The van der Waals surface area contributed by atoms with Crippen molar-refractivity contribution in [2.45, 2.75) is 19.8 Å². The SMILES string of the molecule is Cc1csc(-c2cccc(C(N)=O)c2C(=O)N2CCCC2)n1. The van der Waals surface area contributed by atoms with Gasteiger partial charge in [-0.15, -0.1) is 11.3 Å². The van der Waals surface area contributed by atoms with Crippen LogP contribution in [0.3, 0.4) is 0 Å². The minimum atomic E-state index is -0.585. The molecule has 0 saturated carbocycles. The predicted molar refractivity (Wildman–Crippen MR) is 85.9 cm³/mol. The predicted octanol–water partition coefficient (Wildman–Crippen LogP) is 2.45. The lowest BCUT2D eigenvalue weighted by molar-refractivity contribution is 0.0787.